The molecule has 0 radical (unpaired) electrons. The van der Waals surface area contributed by atoms with E-state index in [0.29, 0.717) is 18.5 Å². The number of piperidine rings is 1. The van der Waals surface area contributed by atoms with Crippen LogP contribution in [0.4, 0.5) is 0 Å². The Balaban J connectivity index is 1.87. The highest BCUT2D eigenvalue weighted by molar-refractivity contribution is 5.81. The van der Waals surface area contributed by atoms with Gasteiger partial charge in [-0.15, -0.1) is 6.42 Å². The lowest BCUT2D eigenvalue weighted by atomic mass is 9.98. The van der Waals surface area contributed by atoms with Crippen molar-refractivity contribution in [1.82, 2.24) is 15.5 Å². The van der Waals surface area contributed by atoms with Crippen LogP contribution < -0.4 is 10.6 Å². The molecule has 2 unspecified atom stereocenters. The molecule has 0 aromatic heterocycles. The van der Waals surface area contributed by atoms with Crippen LogP contribution in [0.3, 0.4) is 0 Å². The van der Waals surface area contributed by atoms with Crippen LogP contribution in [-0.2, 0) is 4.79 Å². The quantitative estimate of drug-likeness (QED) is 0.689. The molecule has 19 heavy (non-hydrogen) atoms. The first-order chi connectivity index (χ1) is 9.22. The molecule has 0 aromatic rings. The summed E-state index contributed by atoms with van der Waals surface area (Å²) in [7, 11) is 0. The third kappa shape index (κ3) is 4.22. The van der Waals surface area contributed by atoms with Crippen molar-refractivity contribution in [3.05, 3.63) is 0 Å². The van der Waals surface area contributed by atoms with E-state index in [0.717, 1.165) is 19.6 Å². The van der Waals surface area contributed by atoms with Crippen molar-refractivity contribution in [2.75, 3.05) is 26.2 Å². The number of terminal acetylenes is 1. The Kier molecular flexibility index (Phi) is 5.24. The summed E-state index contributed by atoms with van der Waals surface area (Å²) in [4.78, 5) is 14.4. The smallest absolute Gasteiger partial charge is 0.237 e. The van der Waals surface area contributed by atoms with Gasteiger partial charge in [0.05, 0.1) is 12.6 Å². The molecule has 4 heteroatoms. The number of amides is 1. The summed E-state index contributed by atoms with van der Waals surface area (Å²) in [6.07, 6.45) is 10.2. The fourth-order valence-electron chi connectivity index (χ4n) is 2.84. The van der Waals surface area contributed by atoms with Crippen LogP contribution in [0.25, 0.3) is 0 Å². The van der Waals surface area contributed by atoms with E-state index >= 15 is 0 Å². The van der Waals surface area contributed by atoms with E-state index in [4.69, 9.17) is 6.42 Å². The molecule has 0 bridgehead atoms. The molecule has 1 aliphatic heterocycles. The zero-order chi connectivity index (χ0) is 13.7. The molecule has 2 rings (SSSR count). The minimum Gasteiger partial charge on any atom is -0.344 e. The molecule has 0 aromatic carbocycles. The van der Waals surface area contributed by atoms with Gasteiger partial charge >= 0.3 is 0 Å². The fraction of sp³-hybridized carbons (Fsp3) is 0.800. The lowest BCUT2D eigenvalue weighted by molar-refractivity contribution is -0.126. The van der Waals surface area contributed by atoms with E-state index in [2.05, 4.69) is 21.5 Å². The van der Waals surface area contributed by atoms with Crippen molar-refractivity contribution in [3.8, 4) is 12.3 Å². The van der Waals surface area contributed by atoms with E-state index < -0.39 is 0 Å². The summed E-state index contributed by atoms with van der Waals surface area (Å²) in [6.45, 7) is 5.58. The number of rotatable bonds is 6. The van der Waals surface area contributed by atoms with Crippen molar-refractivity contribution in [1.29, 1.82) is 0 Å². The second kappa shape index (κ2) is 6.93. The van der Waals surface area contributed by atoms with Crippen molar-refractivity contribution in [3.63, 3.8) is 0 Å². The van der Waals surface area contributed by atoms with Gasteiger partial charge < -0.3 is 10.6 Å². The fourth-order valence-corrected chi connectivity index (χ4v) is 2.84. The van der Waals surface area contributed by atoms with Gasteiger partial charge in [0.25, 0.3) is 0 Å². The molecule has 1 aliphatic carbocycles. The first-order valence-electron chi connectivity index (χ1n) is 7.40. The Labute approximate surface area is 116 Å². The van der Waals surface area contributed by atoms with Crippen LogP contribution >= 0.6 is 0 Å². The van der Waals surface area contributed by atoms with Gasteiger partial charge in [-0.25, -0.2) is 0 Å². The minimum absolute atomic E-state index is 0.0635. The molecule has 2 aliphatic rings. The first-order valence-corrected chi connectivity index (χ1v) is 7.40. The third-order valence-corrected chi connectivity index (χ3v) is 4.13. The van der Waals surface area contributed by atoms with Gasteiger partial charge in [-0.3, -0.25) is 9.69 Å². The van der Waals surface area contributed by atoms with E-state index in [1.54, 1.807) is 0 Å². The molecule has 4 nitrogen and oxygen atoms in total. The van der Waals surface area contributed by atoms with E-state index in [-0.39, 0.29) is 11.9 Å². The Morgan fingerprint density at radius 2 is 2.32 bits per heavy atom. The summed E-state index contributed by atoms with van der Waals surface area (Å²) in [5.41, 5.74) is 0. The second-order valence-electron chi connectivity index (χ2n) is 5.74. The number of carbonyl (C=O) groups is 1. The highest BCUT2D eigenvalue weighted by Crippen LogP contribution is 2.30. The zero-order valence-electron chi connectivity index (χ0n) is 11.8. The standard InChI is InChI=1S/C15H25N3O/c1-3-8-17-15(19)12(2)18(14-6-7-14)11-13-5-4-9-16-10-13/h1,12-14,16H,4-11H2,2H3,(H,17,19). The largest absolute Gasteiger partial charge is 0.344 e. The summed E-state index contributed by atoms with van der Waals surface area (Å²) in [5, 5.41) is 6.25. The molecule has 2 fully saturated rings. The maximum absolute atomic E-state index is 12.1. The van der Waals surface area contributed by atoms with E-state index in [9.17, 15) is 4.79 Å². The lowest BCUT2D eigenvalue weighted by Crippen LogP contribution is -2.49. The van der Waals surface area contributed by atoms with Gasteiger partial charge in [0, 0.05) is 12.6 Å². The normalized spacial score (nSPS) is 24.8. The maximum atomic E-state index is 12.1. The molecule has 1 saturated carbocycles. The average molecular weight is 263 g/mol. The van der Waals surface area contributed by atoms with Crippen LogP contribution in [0.15, 0.2) is 0 Å². The van der Waals surface area contributed by atoms with Crippen LogP contribution in [0.5, 0.6) is 0 Å². The summed E-state index contributed by atoms with van der Waals surface area (Å²) in [6, 6.07) is 0.538. The van der Waals surface area contributed by atoms with Gasteiger partial charge in [-0.1, -0.05) is 5.92 Å². The predicted octanol–water partition coefficient (Wildman–Crippen LogP) is 0.588. The highest BCUT2D eigenvalue weighted by atomic mass is 16.2. The molecule has 0 spiro atoms. The number of nitrogens with zero attached hydrogens (tertiary/aromatic N) is 1. The highest BCUT2D eigenvalue weighted by Gasteiger charge is 2.36. The van der Waals surface area contributed by atoms with E-state index in [1.165, 1.54) is 25.7 Å². The van der Waals surface area contributed by atoms with Crippen LogP contribution in [0, 0.1) is 18.3 Å². The SMILES string of the molecule is C#CCNC(=O)C(C)N(CC1CCCNC1)C1CC1. The summed E-state index contributed by atoms with van der Waals surface area (Å²) >= 11 is 0. The number of hydrogen-bond donors (Lipinski definition) is 2. The topological polar surface area (TPSA) is 44.4 Å². The summed E-state index contributed by atoms with van der Waals surface area (Å²) < 4.78 is 0. The van der Waals surface area contributed by atoms with E-state index in [1.807, 2.05) is 6.92 Å². The minimum atomic E-state index is -0.0669. The molecule has 2 atom stereocenters. The van der Waals surface area contributed by atoms with Gasteiger partial charge in [0.1, 0.15) is 0 Å². The molecule has 106 valence electrons. The Hall–Kier alpha value is -1.05. The monoisotopic (exact) mass is 263 g/mol. The van der Waals surface area contributed by atoms with Crippen molar-refractivity contribution in [2.24, 2.45) is 5.92 Å². The average Bonchev–Trinajstić information content (AvgIpc) is 3.27. The number of hydrogen-bond acceptors (Lipinski definition) is 3. The van der Waals surface area contributed by atoms with Crippen LogP contribution in [0.1, 0.15) is 32.6 Å². The van der Waals surface area contributed by atoms with Crippen LogP contribution in [-0.4, -0.2) is 49.1 Å². The third-order valence-electron chi connectivity index (χ3n) is 4.13. The van der Waals surface area contributed by atoms with Crippen molar-refractivity contribution >= 4 is 5.91 Å². The predicted molar refractivity (Wildman–Crippen MR) is 76.6 cm³/mol. The first kappa shape index (κ1) is 14.4. The zero-order valence-corrected chi connectivity index (χ0v) is 11.8. The lowest BCUT2D eigenvalue weighted by Gasteiger charge is -2.33. The van der Waals surface area contributed by atoms with Crippen molar-refractivity contribution in [2.45, 2.75) is 44.7 Å². The van der Waals surface area contributed by atoms with Crippen LogP contribution in [0.2, 0.25) is 0 Å². The second-order valence-corrected chi connectivity index (χ2v) is 5.74. The molecule has 1 heterocycles. The molecular weight excluding hydrogens is 238 g/mol. The molecule has 1 saturated heterocycles. The number of carbonyl (C=O) groups excluding carboxylic acids is 1. The molecular formula is C15H25N3O. The Morgan fingerprint density at radius 1 is 1.53 bits per heavy atom. The van der Waals surface area contributed by atoms with Gasteiger partial charge in [-0.05, 0) is 51.6 Å². The van der Waals surface area contributed by atoms with Gasteiger partial charge in [0.2, 0.25) is 5.91 Å². The summed E-state index contributed by atoms with van der Waals surface area (Å²) in [5.74, 6) is 3.20. The van der Waals surface area contributed by atoms with Gasteiger partial charge in [0.15, 0.2) is 0 Å². The Morgan fingerprint density at radius 3 is 2.89 bits per heavy atom. The Bertz CT molecular complexity index is 340. The van der Waals surface area contributed by atoms with Gasteiger partial charge in [-0.2, -0.15) is 0 Å². The molecule has 1 amide bonds. The molecule has 2 N–H and O–H groups in total. The van der Waals surface area contributed by atoms with Crippen molar-refractivity contribution < 1.29 is 4.79 Å². The maximum Gasteiger partial charge on any atom is 0.237 e. The number of nitrogens with one attached hydrogen (secondary N) is 2.